The molecule has 0 aromatic carbocycles. The maximum Gasteiger partial charge on any atom is 0.306 e. The monoisotopic (exact) mass is 847 g/mol. The Bertz CT molecular complexity index is 871. The van der Waals surface area contributed by atoms with Crippen LogP contribution in [-0.2, 0) is 19.1 Å². The van der Waals surface area contributed by atoms with Crippen molar-refractivity contribution in [2.75, 3.05) is 13.2 Å². The summed E-state index contributed by atoms with van der Waals surface area (Å²) in [5.74, 6) is -0.582. The summed E-state index contributed by atoms with van der Waals surface area (Å²) in [5, 5.41) is 9.54. The Morgan fingerprint density at radius 3 is 0.900 bits per heavy atom. The fourth-order valence-corrected chi connectivity index (χ4v) is 8.44. The van der Waals surface area contributed by atoms with E-state index in [2.05, 4.69) is 26.0 Å². The molecule has 0 spiro atoms. The van der Waals surface area contributed by atoms with Gasteiger partial charge in [0.1, 0.15) is 6.61 Å². The van der Waals surface area contributed by atoms with Gasteiger partial charge < -0.3 is 14.6 Å². The molecular formula is C55H106O5. The van der Waals surface area contributed by atoms with Crippen LogP contribution < -0.4 is 0 Å². The van der Waals surface area contributed by atoms with Gasteiger partial charge in [-0.25, -0.2) is 0 Å². The van der Waals surface area contributed by atoms with E-state index >= 15 is 0 Å². The van der Waals surface area contributed by atoms with E-state index in [4.69, 9.17) is 9.47 Å². The van der Waals surface area contributed by atoms with Crippen molar-refractivity contribution in [2.45, 2.75) is 315 Å². The molecule has 0 rings (SSSR count). The molecule has 356 valence electrons. The molecule has 60 heavy (non-hydrogen) atoms. The molecule has 5 nitrogen and oxygen atoms in total. The van der Waals surface area contributed by atoms with Crippen LogP contribution in [0.1, 0.15) is 309 Å². The van der Waals surface area contributed by atoms with Crippen molar-refractivity contribution in [2.24, 2.45) is 0 Å². The Hall–Kier alpha value is -1.36. The number of allylic oxidation sites excluding steroid dienone is 2. The molecule has 0 amide bonds. The summed E-state index contributed by atoms with van der Waals surface area (Å²) in [6, 6.07) is 0. The van der Waals surface area contributed by atoms with Crippen molar-refractivity contribution in [3.05, 3.63) is 12.2 Å². The smallest absolute Gasteiger partial charge is 0.306 e. The lowest BCUT2D eigenvalue weighted by atomic mass is 10.0. The topological polar surface area (TPSA) is 72.8 Å². The summed E-state index contributed by atoms with van der Waals surface area (Å²) in [4.78, 5) is 24.2. The van der Waals surface area contributed by atoms with Gasteiger partial charge in [-0.3, -0.25) is 9.59 Å². The second kappa shape index (κ2) is 52.0. The van der Waals surface area contributed by atoms with E-state index in [-0.39, 0.29) is 25.2 Å². The van der Waals surface area contributed by atoms with Crippen molar-refractivity contribution in [1.82, 2.24) is 0 Å². The number of hydrogen-bond donors (Lipinski definition) is 1. The van der Waals surface area contributed by atoms with Crippen LogP contribution in [0.3, 0.4) is 0 Å². The summed E-state index contributed by atoms with van der Waals surface area (Å²) >= 11 is 0. The minimum atomic E-state index is -0.762. The first-order valence-corrected chi connectivity index (χ1v) is 27.2. The van der Waals surface area contributed by atoms with Crippen LogP contribution in [0.2, 0.25) is 0 Å². The van der Waals surface area contributed by atoms with Gasteiger partial charge in [-0.1, -0.05) is 270 Å². The quantitative estimate of drug-likeness (QED) is 0.0375. The highest BCUT2D eigenvalue weighted by atomic mass is 16.6. The Morgan fingerprint density at radius 1 is 0.367 bits per heavy atom. The highest BCUT2D eigenvalue weighted by Gasteiger charge is 2.16. The Labute approximate surface area is 375 Å². The average Bonchev–Trinajstić information content (AvgIpc) is 3.25. The summed E-state index contributed by atoms with van der Waals surface area (Å²) in [6.45, 7) is 4.12. The van der Waals surface area contributed by atoms with Crippen molar-refractivity contribution >= 4 is 11.9 Å². The number of rotatable bonds is 51. The maximum atomic E-state index is 12.2. The SMILES string of the molecule is CCCCCCCCCC/C=C\CCCCCCCCCCCCCCCCCCCCCCCCCCCCCC(=O)OC(CO)COC(=O)CCCCCCCCC. The van der Waals surface area contributed by atoms with Gasteiger partial charge in [0.25, 0.3) is 0 Å². The number of carbonyl (C=O) groups is 2. The molecule has 1 atom stereocenters. The summed E-state index contributed by atoms with van der Waals surface area (Å²) in [5.41, 5.74) is 0. The van der Waals surface area contributed by atoms with Gasteiger partial charge >= 0.3 is 11.9 Å². The van der Waals surface area contributed by atoms with E-state index in [1.165, 1.54) is 244 Å². The van der Waals surface area contributed by atoms with Crippen LogP contribution in [0.5, 0.6) is 0 Å². The minimum Gasteiger partial charge on any atom is -0.462 e. The Morgan fingerprint density at radius 2 is 0.617 bits per heavy atom. The molecule has 0 aliphatic rings. The minimum absolute atomic E-state index is 0.0591. The second-order valence-corrected chi connectivity index (χ2v) is 18.7. The number of aliphatic hydroxyl groups excluding tert-OH is 1. The van der Waals surface area contributed by atoms with Crippen molar-refractivity contribution in [3.63, 3.8) is 0 Å². The number of esters is 2. The van der Waals surface area contributed by atoms with Crippen LogP contribution in [-0.4, -0.2) is 36.4 Å². The summed E-state index contributed by atoms with van der Waals surface area (Å²) in [6.07, 6.45) is 63.8. The Balaban J connectivity index is 3.29. The van der Waals surface area contributed by atoms with Gasteiger partial charge in [-0.05, 0) is 38.5 Å². The zero-order valence-electron chi connectivity index (χ0n) is 40.8. The number of unbranched alkanes of at least 4 members (excludes halogenated alkanes) is 41. The third-order valence-corrected chi connectivity index (χ3v) is 12.6. The predicted molar refractivity (Wildman–Crippen MR) is 261 cm³/mol. The third-order valence-electron chi connectivity index (χ3n) is 12.6. The maximum absolute atomic E-state index is 12.2. The second-order valence-electron chi connectivity index (χ2n) is 18.7. The molecule has 0 radical (unpaired) electrons. The average molecular weight is 847 g/mol. The largest absolute Gasteiger partial charge is 0.462 e. The van der Waals surface area contributed by atoms with Crippen LogP contribution >= 0.6 is 0 Å². The van der Waals surface area contributed by atoms with Crippen molar-refractivity contribution in [1.29, 1.82) is 0 Å². The number of hydrogen-bond acceptors (Lipinski definition) is 5. The van der Waals surface area contributed by atoms with Gasteiger partial charge in [0.05, 0.1) is 6.61 Å². The Kier molecular flexibility index (Phi) is 50.8. The van der Waals surface area contributed by atoms with Gasteiger partial charge in [0.2, 0.25) is 0 Å². The third kappa shape index (κ3) is 49.3. The lowest BCUT2D eigenvalue weighted by Gasteiger charge is -2.15. The molecule has 0 saturated carbocycles. The first-order chi connectivity index (χ1) is 29.6. The molecule has 0 bridgehead atoms. The van der Waals surface area contributed by atoms with Crippen LogP contribution in [0, 0.1) is 0 Å². The molecule has 0 aliphatic heterocycles. The molecule has 0 aromatic rings. The van der Waals surface area contributed by atoms with Crippen LogP contribution in [0.25, 0.3) is 0 Å². The van der Waals surface area contributed by atoms with Crippen LogP contribution in [0.15, 0.2) is 12.2 Å². The van der Waals surface area contributed by atoms with Gasteiger partial charge in [-0.2, -0.15) is 0 Å². The fraction of sp³-hybridized carbons (Fsp3) is 0.927. The van der Waals surface area contributed by atoms with E-state index in [0.717, 1.165) is 38.5 Å². The van der Waals surface area contributed by atoms with E-state index in [1.54, 1.807) is 0 Å². The standard InChI is InChI=1S/C55H106O5/c1-3-5-7-9-11-12-13-14-15-16-17-18-19-20-21-22-23-24-25-26-27-28-29-30-31-32-33-34-35-36-37-38-39-40-41-42-44-46-48-50-55(58)60-53(51-56)52-59-54(57)49-47-45-43-10-8-6-4-2/h16-17,53,56H,3-15,18-52H2,1-2H3/b17-16-. The van der Waals surface area contributed by atoms with E-state index in [0.29, 0.717) is 12.8 Å². The molecule has 0 aliphatic carbocycles. The van der Waals surface area contributed by atoms with Crippen molar-refractivity contribution in [3.8, 4) is 0 Å². The first-order valence-electron chi connectivity index (χ1n) is 27.2. The molecule has 1 unspecified atom stereocenters. The van der Waals surface area contributed by atoms with Crippen LogP contribution in [0.4, 0.5) is 0 Å². The number of ether oxygens (including phenoxy) is 2. The normalized spacial score (nSPS) is 12.1. The van der Waals surface area contributed by atoms with Gasteiger partial charge in [0.15, 0.2) is 6.10 Å². The lowest BCUT2D eigenvalue weighted by Crippen LogP contribution is -2.28. The fourth-order valence-electron chi connectivity index (χ4n) is 8.44. The molecule has 0 aromatic heterocycles. The highest BCUT2D eigenvalue weighted by molar-refractivity contribution is 5.70. The molecule has 0 fully saturated rings. The molecule has 0 heterocycles. The molecule has 1 N–H and O–H groups in total. The molecule has 5 heteroatoms. The summed E-state index contributed by atoms with van der Waals surface area (Å²) < 4.78 is 10.6. The summed E-state index contributed by atoms with van der Waals surface area (Å²) in [7, 11) is 0. The predicted octanol–water partition coefficient (Wildman–Crippen LogP) is 18.0. The highest BCUT2D eigenvalue weighted by Crippen LogP contribution is 2.17. The molecule has 0 saturated heterocycles. The number of carbonyl (C=O) groups excluding carboxylic acids is 2. The first kappa shape index (κ1) is 58.6. The zero-order chi connectivity index (χ0) is 43.5. The van der Waals surface area contributed by atoms with E-state index in [9.17, 15) is 14.7 Å². The number of aliphatic hydroxyl groups is 1. The van der Waals surface area contributed by atoms with Gasteiger partial charge in [0, 0.05) is 12.8 Å². The van der Waals surface area contributed by atoms with Gasteiger partial charge in [-0.15, -0.1) is 0 Å². The molecular weight excluding hydrogens is 741 g/mol. The van der Waals surface area contributed by atoms with Crippen molar-refractivity contribution < 1.29 is 24.2 Å². The van der Waals surface area contributed by atoms with E-state index in [1.807, 2.05) is 0 Å². The zero-order valence-corrected chi connectivity index (χ0v) is 40.8. The lowest BCUT2D eigenvalue weighted by molar-refractivity contribution is -0.161. The van der Waals surface area contributed by atoms with E-state index < -0.39 is 6.10 Å².